The lowest BCUT2D eigenvalue weighted by atomic mass is 10.1. The second kappa shape index (κ2) is 5.75. The van der Waals surface area contributed by atoms with Gasteiger partial charge in [0.25, 0.3) is 0 Å². The fraction of sp³-hybridized carbons (Fsp3) is 0.143. The van der Waals surface area contributed by atoms with Crippen molar-refractivity contribution in [3.05, 3.63) is 65.0 Å². The van der Waals surface area contributed by atoms with Gasteiger partial charge < -0.3 is 10.5 Å². The molecular weight excluding hydrogens is 255 g/mol. The number of rotatable bonds is 4. The molecule has 2 aromatic rings. The molecule has 0 fully saturated rings. The molecule has 0 aliphatic carbocycles. The van der Waals surface area contributed by atoms with Crippen LogP contribution in [0.2, 0.25) is 0 Å². The maximum Gasteiger partial charge on any atom is 0.191 e. The molecule has 0 saturated carbocycles. The van der Waals surface area contributed by atoms with Gasteiger partial charge in [-0.2, -0.15) is 0 Å². The topological polar surface area (TPSA) is 35.2 Å². The molecule has 2 nitrogen and oxygen atoms in total. The molecule has 2 N–H and O–H groups in total. The van der Waals surface area contributed by atoms with Crippen molar-refractivity contribution in [1.82, 2.24) is 0 Å². The zero-order chi connectivity index (χ0) is 13.8. The van der Waals surface area contributed by atoms with Crippen LogP contribution in [0.25, 0.3) is 0 Å². The molecule has 0 saturated heterocycles. The molecule has 0 aliphatic rings. The lowest BCUT2D eigenvalue weighted by Gasteiger charge is -2.11. The molecule has 0 heterocycles. The Morgan fingerprint density at radius 3 is 2.26 bits per heavy atom. The molecule has 2 aromatic carbocycles. The van der Waals surface area contributed by atoms with Crippen LogP contribution < -0.4 is 10.5 Å². The second-order valence-electron chi connectivity index (χ2n) is 3.96. The molecule has 0 amide bonds. The van der Waals surface area contributed by atoms with Gasteiger partial charge in [-0.25, -0.2) is 13.2 Å². The van der Waals surface area contributed by atoms with E-state index in [2.05, 4.69) is 0 Å². The van der Waals surface area contributed by atoms with Crippen molar-refractivity contribution in [3.63, 3.8) is 0 Å². The summed E-state index contributed by atoms with van der Waals surface area (Å²) < 4.78 is 44.8. The second-order valence-corrected chi connectivity index (χ2v) is 3.96. The molecule has 0 bridgehead atoms. The van der Waals surface area contributed by atoms with Crippen LogP contribution in [0.5, 0.6) is 5.75 Å². The van der Waals surface area contributed by atoms with E-state index >= 15 is 0 Å². The van der Waals surface area contributed by atoms with E-state index in [0.717, 1.165) is 12.1 Å². The number of nitrogens with two attached hydrogens (primary N) is 1. The normalized spacial score (nSPS) is 10.5. The summed E-state index contributed by atoms with van der Waals surface area (Å²) in [5.41, 5.74) is 6.61. The van der Waals surface area contributed by atoms with E-state index < -0.39 is 23.2 Å². The minimum atomic E-state index is -0.781. The van der Waals surface area contributed by atoms with Crippen LogP contribution in [0.1, 0.15) is 11.1 Å². The summed E-state index contributed by atoms with van der Waals surface area (Å²) in [7, 11) is 0. The summed E-state index contributed by atoms with van der Waals surface area (Å²) in [6, 6.07) is 7.46. The molecule has 100 valence electrons. The molecule has 19 heavy (non-hydrogen) atoms. The van der Waals surface area contributed by atoms with Crippen LogP contribution >= 0.6 is 0 Å². The molecule has 0 aliphatic heterocycles. The highest BCUT2D eigenvalue weighted by atomic mass is 19.1. The van der Waals surface area contributed by atoms with Gasteiger partial charge in [0.15, 0.2) is 17.4 Å². The van der Waals surface area contributed by atoms with Crippen LogP contribution in [0.3, 0.4) is 0 Å². The summed E-state index contributed by atoms with van der Waals surface area (Å²) in [5.74, 6) is -2.43. The van der Waals surface area contributed by atoms with Crippen LogP contribution in [0.15, 0.2) is 36.4 Å². The fourth-order valence-corrected chi connectivity index (χ4v) is 1.70. The largest absolute Gasteiger partial charge is 0.483 e. The number of halogens is 3. The Bertz CT molecular complexity index is 567. The Labute approximate surface area is 108 Å². The maximum absolute atomic E-state index is 13.4. The Balaban J connectivity index is 2.19. The first-order valence-corrected chi connectivity index (χ1v) is 5.66. The standard InChI is InChI=1S/C14H12F3NO/c15-11-5-4-9(10(6-11)7-18)8-19-14-12(16)2-1-3-13(14)17/h1-6H,7-8,18H2. The SMILES string of the molecule is NCc1cc(F)ccc1COc1c(F)cccc1F. The quantitative estimate of drug-likeness (QED) is 0.923. The highest BCUT2D eigenvalue weighted by Crippen LogP contribution is 2.22. The van der Waals surface area contributed by atoms with E-state index in [-0.39, 0.29) is 13.2 Å². The minimum absolute atomic E-state index is 0.0787. The highest BCUT2D eigenvalue weighted by molar-refractivity contribution is 5.30. The molecule has 0 spiro atoms. The smallest absolute Gasteiger partial charge is 0.191 e. The van der Waals surface area contributed by atoms with E-state index in [0.29, 0.717) is 11.1 Å². The molecular formula is C14H12F3NO. The number of para-hydroxylation sites is 1. The van der Waals surface area contributed by atoms with Crippen LogP contribution in [0.4, 0.5) is 13.2 Å². The zero-order valence-electron chi connectivity index (χ0n) is 10.00. The number of hydrogen-bond donors (Lipinski definition) is 1. The van der Waals surface area contributed by atoms with Gasteiger partial charge in [0.05, 0.1) is 0 Å². The predicted molar refractivity (Wildman–Crippen MR) is 65.0 cm³/mol. The van der Waals surface area contributed by atoms with E-state index in [1.54, 1.807) is 0 Å². The van der Waals surface area contributed by atoms with E-state index in [9.17, 15) is 13.2 Å². The van der Waals surface area contributed by atoms with Crippen molar-refractivity contribution >= 4 is 0 Å². The van der Waals surface area contributed by atoms with Crippen molar-refractivity contribution in [2.45, 2.75) is 13.2 Å². The third-order valence-corrected chi connectivity index (χ3v) is 2.68. The first-order chi connectivity index (χ1) is 9.11. The fourth-order valence-electron chi connectivity index (χ4n) is 1.70. The van der Waals surface area contributed by atoms with Crippen molar-refractivity contribution in [2.24, 2.45) is 5.73 Å². The highest BCUT2D eigenvalue weighted by Gasteiger charge is 2.11. The lowest BCUT2D eigenvalue weighted by molar-refractivity contribution is 0.273. The van der Waals surface area contributed by atoms with Crippen LogP contribution in [-0.4, -0.2) is 0 Å². The Morgan fingerprint density at radius 2 is 1.63 bits per heavy atom. The third kappa shape index (κ3) is 3.06. The molecule has 0 aromatic heterocycles. The van der Waals surface area contributed by atoms with Crippen molar-refractivity contribution < 1.29 is 17.9 Å². The molecule has 0 radical (unpaired) electrons. The number of benzene rings is 2. The van der Waals surface area contributed by atoms with Crippen molar-refractivity contribution in [2.75, 3.05) is 0 Å². The van der Waals surface area contributed by atoms with E-state index in [1.165, 1.54) is 24.3 Å². The molecule has 0 unspecified atom stereocenters. The van der Waals surface area contributed by atoms with Gasteiger partial charge in [0, 0.05) is 6.54 Å². The number of ether oxygens (including phenoxy) is 1. The van der Waals surface area contributed by atoms with Gasteiger partial charge in [-0.1, -0.05) is 12.1 Å². The third-order valence-electron chi connectivity index (χ3n) is 2.68. The minimum Gasteiger partial charge on any atom is -0.483 e. The predicted octanol–water partition coefficient (Wildman–Crippen LogP) is 3.14. The van der Waals surface area contributed by atoms with Crippen molar-refractivity contribution in [1.29, 1.82) is 0 Å². The van der Waals surface area contributed by atoms with Gasteiger partial charge in [-0.05, 0) is 35.4 Å². The summed E-state index contributed by atoms with van der Waals surface area (Å²) in [6.07, 6.45) is 0. The Kier molecular flexibility index (Phi) is 4.06. The van der Waals surface area contributed by atoms with Crippen LogP contribution in [0, 0.1) is 17.5 Å². The van der Waals surface area contributed by atoms with Gasteiger partial charge in [-0.3, -0.25) is 0 Å². The van der Waals surface area contributed by atoms with E-state index in [1.807, 2.05) is 0 Å². The van der Waals surface area contributed by atoms with Crippen LogP contribution in [-0.2, 0) is 13.2 Å². The number of hydrogen-bond acceptors (Lipinski definition) is 2. The van der Waals surface area contributed by atoms with Gasteiger partial charge in [-0.15, -0.1) is 0 Å². The van der Waals surface area contributed by atoms with Gasteiger partial charge in [0.1, 0.15) is 12.4 Å². The molecule has 0 atom stereocenters. The first kappa shape index (κ1) is 13.4. The van der Waals surface area contributed by atoms with E-state index in [4.69, 9.17) is 10.5 Å². The Hall–Kier alpha value is -2.01. The van der Waals surface area contributed by atoms with Gasteiger partial charge in [0.2, 0.25) is 0 Å². The lowest BCUT2D eigenvalue weighted by Crippen LogP contribution is -2.06. The van der Waals surface area contributed by atoms with Gasteiger partial charge >= 0.3 is 0 Å². The maximum atomic E-state index is 13.4. The summed E-state index contributed by atoms with van der Waals surface area (Å²) in [5, 5.41) is 0. The van der Waals surface area contributed by atoms with Crippen molar-refractivity contribution in [3.8, 4) is 5.75 Å². The Morgan fingerprint density at radius 1 is 0.947 bits per heavy atom. The monoisotopic (exact) mass is 267 g/mol. The first-order valence-electron chi connectivity index (χ1n) is 5.66. The molecule has 2 rings (SSSR count). The average Bonchev–Trinajstić information content (AvgIpc) is 2.39. The molecule has 5 heteroatoms. The summed E-state index contributed by atoms with van der Waals surface area (Å²) in [4.78, 5) is 0. The zero-order valence-corrected chi connectivity index (χ0v) is 10.00. The average molecular weight is 267 g/mol. The summed E-state index contributed by atoms with van der Waals surface area (Å²) in [6.45, 7) is 0.0425. The summed E-state index contributed by atoms with van der Waals surface area (Å²) >= 11 is 0.